The van der Waals surface area contributed by atoms with Crippen LogP contribution in [-0.2, 0) is 14.8 Å². The number of sulfonamides is 1. The van der Waals surface area contributed by atoms with E-state index in [1.54, 1.807) is 0 Å². The molecule has 1 aliphatic carbocycles. The third-order valence-electron chi connectivity index (χ3n) is 9.15. The average Bonchev–Trinajstić information content (AvgIpc) is 3.28. The number of fused-ring (bicyclic) bond motifs is 1. The van der Waals surface area contributed by atoms with Gasteiger partial charge in [-0.3, -0.25) is 10.2 Å². The van der Waals surface area contributed by atoms with Crippen LogP contribution in [0.1, 0.15) is 77.0 Å². The molecule has 32 heavy (non-hydrogen) atoms. The van der Waals surface area contributed by atoms with Gasteiger partial charge in [-0.05, 0) is 69.6 Å². The molecule has 0 aromatic carbocycles. The topological polar surface area (TPSA) is 73.0 Å². The summed E-state index contributed by atoms with van der Waals surface area (Å²) < 4.78 is 28.0. The molecule has 0 bridgehead atoms. The first-order valence-corrected chi connectivity index (χ1v) is 14.8. The number of carbonyl (C=O) groups excluding carboxylic acids is 1. The van der Waals surface area contributed by atoms with E-state index in [0.717, 1.165) is 90.4 Å². The highest BCUT2D eigenvalue weighted by atomic mass is 32.2. The molecule has 3 unspecified atom stereocenters. The van der Waals surface area contributed by atoms with E-state index in [1.807, 2.05) is 4.31 Å². The highest BCUT2D eigenvalue weighted by Crippen LogP contribution is 2.39. The molecule has 182 valence electrons. The third-order valence-corrected chi connectivity index (χ3v) is 11.5. The molecule has 0 radical (unpaired) electrons. The Morgan fingerprint density at radius 3 is 2.12 bits per heavy atom. The minimum Gasteiger partial charge on any atom is -0.342 e. The van der Waals surface area contributed by atoms with Gasteiger partial charge < -0.3 is 4.90 Å². The first kappa shape index (κ1) is 23.1. The van der Waals surface area contributed by atoms with Crippen molar-refractivity contribution < 1.29 is 13.2 Å². The van der Waals surface area contributed by atoms with Crippen LogP contribution in [0.3, 0.4) is 0 Å². The van der Waals surface area contributed by atoms with Gasteiger partial charge in [-0.25, -0.2) is 17.7 Å². The van der Waals surface area contributed by atoms with E-state index >= 15 is 0 Å². The van der Waals surface area contributed by atoms with E-state index in [0.29, 0.717) is 36.9 Å². The lowest BCUT2D eigenvalue weighted by molar-refractivity contribution is -0.137. The van der Waals surface area contributed by atoms with Crippen molar-refractivity contribution in [3.63, 3.8) is 0 Å². The minimum atomic E-state index is -3.12. The van der Waals surface area contributed by atoms with Gasteiger partial charge >= 0.3 is 0 Å². The second-order valence-corrected chi connectivity index (χ2v) is 13.2. The fraction of sp³-hybridized carbons (Fsp3) is 0.958. The molecule has 0 spiro atoms. The lowest BCUT2D eigenvalue weighted by Crippen LogP contribution is -2.50. The second kappa shape index (κ2) is 9.88. The SMILES string of the molecule is O=C(C1CNN2CCC(C3CCN(S(=O)(=O)C4CCCCC4)CC3)CC12)N1CCCCC1. The number of rotatable bonds is 4. The zero-order chi connectivity index (χ0) is 22.1. The largest absolute Gasteiger partial charge is 0.342 e. The number of piperidine rings is 3. The van der Waals surface area contributed by atoms with E-state index in [4.69, 9.17) is 0 Å². The van der Waals surface area contributed by atoms with Gasteiger partial charge in [-0.15, -0.1) is 0 Å². The predicted octanol–water partition coefficient (Wildman–Crippen LogP) is 2.59. The molecule has 5 aliphatic rings. The number of hydrazine groups is 1. The molecule has 0 aromatic heterocycles. The molecule has 5 fully saturated rings. The molecular weight excluding hydrogens is 424 g/mol. The van der Waals surface area contributed by atoms with Gasteiger partial charge in [0, 0.05) is 45.3 Å². The lowest BCUT2D eigenvalue weighted by Gasteiger charge is -2.43. The summed E-state index contributed by atoms with van der Waals surface area (Å²) in [4.78, 5) is 15.3. The summed E-state index contributed by atoms with van der Waals surface area (Å²) in [5.41, 5.74) is 3.51. The normalized spacial score (nSPS) is 34.5. The van der Waals surface area contributed by atoms with Gasteiger partial charge in [0.05, 0.1) is 11.2 Å². The number of amides is 1. The number of hydrogen-bond donors (Lipinski definition) is 1. The van der Waals surface area contributed by atoms with E-state index < -0.39 is 10.0 Å². The molecule has 3 atom stereocenters. The van der Waals surface area contributed by atoms with Crippen molar-refractivity contribution in [2.75, 3.05) is 39.3 Å². The van der Waals surface area contributed by atoms with Gasteiger partial charge in [-0.1, -0.05) is 19.3 Å². The maximum Gasteiger partial charge on any atom is 0.228 e. The number of hydrogen-bond acceptors (Lipinski definition) is 5. The van der Waals surface area contributed by atoms with E-state index in [2.05, 4.69) is 15.3 Å². The Morgan fingerprint density at radius 2 is 1.41 bits per heavy atom. The first-order valence-electron chi connectivity index (χ1n) is 13.3. The average molecular weight is 467 g/mol. The summed E-state index contributed by atoms with van der Waals surface area (Å²) in [6, 6.07) is 0.312. The second-order valence-electron chi connectivity index (χ2n) is 10.9. The Bertz CT molecular complexity index is 755. The smallest absolute Gasteiger partial charge is 0.228 e. The minimum absolute atomic E-state index is 0.0858. The van der Waals surface area contributed by atoms with Crippen molar-refractivity contribution in [3.8, 4) is 0 Å². The van der Waals surface area contributed by atoms with Crippen LogP contribution in [0.5, 0.6) is 0 Å². The van der Waals surface area contributed by atoms with Crippen LogP contribution in [-0.4, -0.2) is 79.1 Å². The van der Waals surface area contributed by atoms with Crippen LogP contribution in [0, 0.1) is 17.8 Å². The summed E-state index contributed by atoms with van der Waals surface area (Å²) in [7, 11) is -3.12. The van der Waals surface area contributed by atoms with Crippen LogP contribution >= 0.6 is 0 Å². The Balaban J connectivity index is 1.17. The maximum absolute atomic E-state index is 13.2. The quantitative estimate of drug-likeness (QED) is 0.689. The number of likely N-dealkylation sites (tertiary alicyclic amines) is 1. The Morgan fingerprint density at radius 1 is 0.750 bits per heavy atom. The van der Waals surface area contributed by atoms with Crippen LogP contribution in [0.2, 0.25) is 0 Å². The Kier molecular flexibility index (Phi) is 7.12. The highest BCUT2D eigenvalue weighted by Gasteiger charge is 2.46. The monoisotopic (exact) mass is 466 g/mol. The lowest BCUT2D eigenvalue weighted by atomic mass is 9.75. The fourth-order valence-electron chi connectivity index (χ4n) is 7.16. The van der Waals surface area contributed by atoms with Crippen molar-refractivity contribution in [1.29, 1.82) is 0 Å². The third kappa shape index (κ3) is 4.62. The van der Waals surface area contributed by atoms with Gasteiger partial charge in [0.25, 0.3) is 0 Å². The predicted molar refractivity (Wildman–Crippen MR) is 125 cm³/mol. The van der Waals surface area contributed by atoms with Crippen molar-refractivity contribution >= 4 is 15.9 Å². The molecule has 7 nitrogen and oxygen atoms in total. The molecule has 4 aliphatic heterocycles. The first-order chi connectivity index (χ1) is 15.5. The van der Waals surface area contributed by atoms with Crippen LogP contribution in [0.4, 0.5) is 0 Å². The van der Waals surface area contributed by atoms with Crippen molar-refractivity contribution in [1.82, 2.24) is 19.6 Å². The number of carbonyl (C=O) groups is 1. The number of nitrogens with one attached hydrogen (secondary N) is 1. The Labute approximate surface area is 194 Å². The molecule has 4 saturated heterocycles. The Hall–Kier alpha value is -0.700. The maximum atomic E-state index is 13.2. The summed E-state index contributed by atoms with van der Waals surface area (Å²) >= 11 is 0. The van der Waals surface area contributed by atoms with Gasteiger partial charge in [0.2, 0.25) is 15.9 Å². The molecule has 8 heteroatoms. The van der Waals surface area contributed by atoms with E-state index in [9.17, 15) is 13.2 Å². The highest BCUT2D eigenvalue weighted by molar-refractivity contribution is 7.89. The summed E-state index contributed by atoms with van der Waals surface area (Å²) in [6.07, 6.45) is 12.8. The molecule has 1 amide bonds. The molecule has 0 aromatic rings. The molecular formula is C24H42N4O3S. The number of nitrogens with zero attached hydrogens (tertiary/aromatic N) is 3. The molecule has 1 N–H and O–H groups in total. The summed E-state index contributed by atoms with van der Waals surface area (Å²) in [5, 5.41) is 2.20. The van der Waals surface area contributed by atoms with Gasteiger partial charge in [0.1, 0.15) is 0 Å². The molecule has 4 heterocycles. The van der Waals surface area contributed by atoms with Crippen LogP contribution in [0.15, 0.2) is 0 Å². The zero-order valence-electron chi connectivity index (χ0n) is 19.6. The summed E-state index contributed by atoms with van der Waals surface area (Å²) in [6.45, 7) is 5.05. The molecule has 5 rings (SSSR count). The van der Waals surface area contributed by atoms with Crippen LogP contribution in [0.25, 0.3) is 0 Å². The molecule has 1 saturated carbocycles. The zero-order valence-corrected chi connectivity index (χ0v) is 20.4. The van der Waals surface area contributed by atoms with E-state index in [-0.39, 0.29) is 11.2 Å². The van der Waals surface area contributed by atoms with Crippen molar-refractivity contribution in [3.05, 3.63) is 0 Å². The van der Waals surface area contributed by atoms with Crippen LogP contribution < -0.4 is 5.43 Å². The van der Waals surface area contributed by atoms with E-state index in [1.165, 1.54) is 12.8 Å². The standard InChI is InChI=1S/C24H42N4O3S/c29-24(26-12-5-2-6-13-26)22-18-25-28-16-11-20(17-23(22)28)19-9-14-27(15-10-19)32(30,31)21-7-3-1-4-8-21/h19-23,25H,1-18H2. The summed E-state index contributed by atoms with van der Waals surface area (Å²) in [5.74, 6) is 1.66. The fourth-order valence-corrected chi connectivity index (χ4v) is 9.23. The van der Waals surface area contributed by atoms with Gasteiger partial charge in [-0.2, -0.15) is 0 Å². The van der Waals surface area contributed by atoms with Crippen molar-refractivity contribution in [2.24, 2.45) is 17.8 Å². The van der Waals surface area contributed by atoms with Gasteiger partial charge in [0.15, 0.2) is 0 Å². The van der Waals surface area contributed by atoms with Crippen molar-refractivity contribution in [2.45, 2.75) is 88.3 Å².